The molecule has 0 radical (unpaired) electrons. The van der Waals surface area contributed by atoms with Crippen LogP contribution in [0.25, 0.3) is 0 Å². The van der Waals surface area contributed by atoms with Gasteiger partial charge >= 0.3 is 0 Å². The lowest BCUT2D eigenvalue weighted by atomic mass is 9.86. The topological polar surface area (TPSA) is 45.1 Å². The number of hydrogen-bond acceptors (Lipinski definition) is 3. The molecule has 0 aliphatic carbocycles. The van der Waals surface area contributed by atoms with E-state index < -0.39 is 5.60 Å². The summed E-state index contributed by atoms with van der Waals surface area (Å²) in [5.74, 6) is 0. The zero-order chi connectivity index (χ0) is 12.4. The summed E-state index contributed by atoms with van der Waals surface area (Å²) in [6.45, 7) is 10.3. The first-order chi connectivity index (χ1) is 7.22. The SMILES string of the molecule is Cc1ccc(CNC(C)(C)C(C)(C)O)nc1. The van der Waals surface area contributed by atoms with E-state index in [1.807, 2.05) is 52.9 Å². The molecule has 3 nitrogen and oxygen atoms in total. The molecule has 0 fully saturated rings. The lowest BCUT2D eigenvalue weighted by Crippen LogP contribution is -2.55. The number of pyridine rings is 1. The second kappa shape index (κ2) is 4.52. The van der Waals surface area contributed by atoms with E-state index in [4.69, 9.17) is 0 Å². The first kappa shape index (κ1) is 13.1. The van der Waals surface area contributed by atoms with Gasteiger partial charge in [-0.3, -0.25) is 4.98 Å². The molecule has 2 N–H and O–H groups in total. The van der Waals surface area contributed by atoms with Crippen LogP contribution in [0, 0.1) is 6.92 Å². The van der Waals surface area contributed by atoms with Gasteiger partial charge in [0.15, 0.2) is 0 Å². The summed E-state index contributed by atoms with van der Waals surface area (Å²) in [4.78, 5) is 4.32. The quantitative estimate of drug-likeness (QED) is 0.819. The fourth-order valence-corrected chi connectivity index (χ4v) is 1.13. The van der Waals surface area contributed by atoms with E-state index in [1.165, 1.54) is 0 Å². The molecule has 3 heteroatoms. The van der Waals surface area contributed by atoms with Crippen molar-refractivity contribution in [1.29, 1.82) is 0 Å². The van der Waals surface area contributed by atoms with Crippen molar-refractivity contribution >= 4 is 0 Å². The summed E-state index contributed by atoms with van der Waals surface area (Å²) >= 11 is 0. The van der Waals surface area contributed by atoms with Crippen molar-refractivity contribution in [2.45, 2.75) is 52.3 Å². The largest absolute Gasteiger partial charge is 0.389 e. The molecule has 0 spiro atoms. The minimum atomic E-state index is -0.766. The van der Waals surface area contributed by atoms with Gasteiger partial charge in [0.05, 0.1) is 11.3 Å². The van der Waals surface area contributed by atoms with Crippen LogP contribution in [0.4, 0.5) is 0 Å². The highest BCUT2D eigenvalue weighted by atomic mass is 16.3. The van der Waals surface area contributed by atoms with Crippen LogP contribution in [-0.4, -0.2) is 21.2 Å². The van der Waals surface area contributed by atoms with Gasteiger partial charge in [0.25, 0.3) is 0 Å². The Labute approximate surface area is 97.9 Å². The van der Waals surface area contributed by atoms with Crippen molar-refractivity contribution in [3.63, 3.8) is 0 Å². The van der Waals surface area contributed by atoms with Gasteiger partial charge < -0.3 is 10.4 Å². The minimum Gasteiger partial charge on any atom is -0.389 e. The van der Waals surface area contributed by atoms with Crippen LogP contribution < -0.4 is 5.32 Å². The average molecular weight is 222 g/mol. The fraction of sp³-hybridized carbons (Fsp3) is 0.615. The summed E-state index contributed by atoms with van der Waals surface area (Å²) in [6, 6.07) is 4.05. The molecule has 0 saturated heterocycles. The molecular formula is C13H22N2O. The molecule has 0 unspecified atom stereocenters. The second-order valence-electron chi connectivity index (χ2n) is 5.36. The Morgan fingerprint density at radius 3 is 2.31 bits per heavy atom. The molecule has 0 aliphatic rings. The summed E-state index contributed by atoms with van der Waals surface area (Å²) in [5.41, 5.74) is 1.03. The van der Waals surface area contributed by atoms with Gasteiger partial charge in [0.1, 0.15) is 0 Å². The van der Waals surface area contributed by atoms with E-state index in [0.717, 1.165) is 11.3 Å². The molecule has 90 valence electrons. The molecule has 16 heavy (non-hydrogen) atoms. The third-order valence-electron chi connectivity index (χ3n) is 3.21. The van der Waals surface area contributed by atoms with Crippen molar-refractivity contribution in [1.82, 2.24) is 10.3 Å². The maximum atomic E-state index is 9.98. The predicted octanol–water partition coefficient (Wildman–Crippen LogP) is 2.03. The Kier molecular flexibility index (Phi) is 3.71. The molecule has 1 aromatic rings. The second-order valence-corrected chi connectivity index (χ2v) is 5.36. The predicted molar refractivity (Wildman–Crippen MR) is 66.2 cm³/mol. The van der Waals surface area contributed by atoms with Gasteiger partial charge in [0, 0.05) is 18.3 Å². The first-order valence-corrected chi connectivity index (χ1v) is 5.61. The van der Waals surface area contributed by atoms with Crippen LogP contribution in [0.5, 0.6) is 0 Å². The number of aliphatic hydroxyl groups is 1. The Bertz CT molecular complexity index is 336. The summed E-state index contributed by atoms with van der Waals surface area (Å²) in [5, 5.41) is 13.3. The van der Waals surface area contributed by atoms with Gasteiger partial charge in [0.2, 0.25) is 0 Å². The number of aryl methyl sites for hydroxylation is 1. The van der Waals surface area contributed by atoms with Gasteiger partial charge in [-0.1, -0.05) is 6.07 Å². The smallest absolute Gasteiger partial charge is 0.0767 e. The maximum absolute atomic E-state index is 9.98. The average Bonchev–Trinajstić information content (AvgIpc) is 2.15. The Balaban J connectivity index is 2.61. The molecule has 0 saturated carbocycles. The van der Waals surface area contributed by atoms with Crippen LogP contribution in [-0.2, 0) is 6.54 Å². The molecule has 0 bridgehead atoms. The molecule has 1 heterocycles. The van der Waals surface area contributed by atoms with Crippen LogP contribution in [0.2, 0.25) is 0 Å². The highest BCUT2D eigenvalue weighted by Crippen LogP contribution is 2.20. The Morgan fingerprint density at radius 1 is 1.25 bits per heavy atom. The normalized spacial score (nSPS) is 12.9. The lowest BCUT2D eigenvalue weighted by Gasteiger charge is -2.38. The highest BCUT2D eigenvalue weighted by molar-refractivity contribution is 5.12. The number of aromatic nitrogens is 1. The van der Waals surface area contributed by atoms with E-state index in [0.29, 0.717) is 6.54 Å². The van der Waals surface area contributed by atoms with Gasteiger partial charge in [-0.05, 0) is 46.2 Å². The monoisotopic (exact) mass is 222 g/mol. The van der Waals surface area contributed by atoms with Crippen molar-refractivity contribution in [3.8, 4) is 0 Å². The molecule has 0 amide bonds. The van der Waals surface area contributed by atoms with E-state index in [9.17, 15) is 5.11 Å². The number of rotatable bonds is 4. The zero-order valence-corrected chi connectivity index (χ0v) is 10.8. The van der Waals surface area contributed by atoms with Crippen LogP contribution in [0.15, 0.2) is 18.3 Å². The van der Waals surface area contributed by atoms with Gasteiger partial charge in [-0.2, -0.15) is 0 Å². The van der Waals surface area contributed by atoms with Crippen molar-refractivity contribution in [2.75, 3.05) is 0 Å². The first-order valence-electron chi connectivity index (χ1n) is 5.61. The van der Waals surface area contributed by atoms with Gasteiger partial charge in [-0.15, -0.1) is 0 Å². The molecule has 0 aliphatic heterocycles. The number of nitrogens with one attached hydrogen (secondary N) is 1. The summed E-state index contributed by atoms with van der Waals surface area (Å²) in [7, 11) is 0. The Morgan fingerprint density at radius 2 is 1.88 bits per heavy atom. The lowest BCUT2D eigenvalue weighted by molar-refractivity contribution is -0.00545. The minimum absolute atomic E-state index is 0.348. The molecule has 0 aromatic carbocycles. The van der Waals surface area contributed by atoms with Gasteiger partial charge in [-0.25, -0.2) is 0 Å². The van der Waals surface area contributed by atoms with E-state index in [-0.39, 0.29) is 5.54 Å². The molecular weight excluding hydrogens is 200 g/mol. The number of hydrogen-bond donors (Lipinski definition) is 2. The number of nitrogens with zero attached hydrogens (tertiary/aromatic N) is 1. The van der Waals surface area contributed by atoms with E-state index in [2.05, 4.69) is 10.3 Å². The molecule has 1 rings (SSSR count). The Hall–Kier alpha value is -0.930. The van der Waals surface area contributed by atoms with Crippen LogP contribution >= 0.6 is 0 Å². The summed E-state index contributed by atoms with van der Waals surface area (Å²) in [6.07, 6.45) is 1.86. The molecule has 1 aromatic heterocycles. The van der Waals surface area contributed by atoms with Crippen molar-refractivity contribution in [2.24, 2.45) is 0 Å². The van der Waals surface area contributed by atoms with E-state index >= 15 is 0 Å². The zero-order valence-electron chi connectivity index (χ0n) is 10.8. The standard InChI is InChI=1S/C13H22N2O/c1-10-6-7-11(14-8-10)9-15-12(2,3)13(4,5)16/h6-8,15-16H,9H2,1-5H3. The van der Waals surface area contributed by atoms with Crippen LogP contribution in [0.3, 0.4) is 0 Å². The third kappa shape index (κ3) is 3.29. The van der Waals surface area contributed by atoms with E-state index in [1.54, 1.807) is 0 Å². The third-order valence-corrected chi connectivity index (χ3v) is 3.21. The maximum Gasteiger partial charge on any atom is 0.0767 e. The molecule has 0 atom stereocenters. The summed E-state index contributed by atoms with van der Waals surface area (Å²) < 4.78 is 0. The van der Waals surface area contributed by atoms with Crippen LogP contribution in [0.1, 0.15) is 39.0 Å². The van der Waals surface area contributed by atoms with Crippen molar-refractivity contribution < 1.29 is 5.11 Å². The van der Waals surface area contributed by atoms with Crippen molar-refractivity contribution in [3.05, 3.63) is 29.6 Å². The fourth-order valence-electron chi connectivity index (χ4n) is 1.13. The highest BCUT2D eigenvalue weighted by Gasteiger charge is 2.34.